The summed E-state index contributed by atoms with van der Waals surface area (Å²) in [7, 11) is 0.162. The molecule has 0 aromatic rings. The molecule has 1 heterocycles. The maximum atomic E-state index is 12.1. The molecule has 4 unspecified atom stereocenters. The minimum absolute atomic E-state index is 0.113. The number of methoxy groups -OCH3 is 1. The molecule has 2 aliphatic carbocycles. The van der Waals surface area contributed by atoms with Crippen LogP contribution in [0.2, 0.25) is 0 Å². The van der Waals surface area contributed by atoms with Crippen molar-refractivity contribution in [2.45, 2.75) is 49.6 Å². The molecular weight excluding hydrogens is 255 g/mol. The Morgan fingerprint density at radius 1 is 1.28 bits per heavy atom. The molecule has 5 nitrogen and oxygen atoms in total. The fourth-order valence-electron chi connectivity index (χ4n) is 3.84. The predicted octanol–water partition coefficient (Wildman–Crippen LogP) is 2.20. The largest absolute Gasteiger partial charge is 0.375 e. The first-order chi connectivity index (χ1) is 8.37. The Labute approximate surface area is 108 Å². The maximum absolute atomic E-state index is 12.1. The van der Waals surface area contributed by atoms with Gasteiger partial charge in [-0.1, -0.05) is 0 Å². The Morgan fingerprint density at radius 2 is 2.00 bits per heavy atom. The van der Waals surface area contributed by atoms with Crippen LogP contribution in [0.25, 0.3) is 0 Å². The van der Waals surface area contributed by atoms with E-state index in [-0.39, 0.29) is 17.8 Å². The fraction of sp³-hybridized carbons (Fsp3) is 1.00. The molecule has 6 atom stereocenters. The van der Waals surface area contributed by atoms with Gasteiger partial charge in [0.2, 0.25) is 0 Å². The Morgan fingerprint density at radius 3 is 2.61 bits per heavy atom. The summed E-state index contributed by atoms with van der Waals surface area (Å²) >= 11 is 0. The number of hydrogen-bond donors (Lipinski definition) is 0. The second-order valence-electron chi connectivity index (χ2n) is 5.91. The molecule has 0 amide bonds. The Kier molecular flexibility index (Phi) is 2.76. The van der Waals surface area contributed by atoms with Crippen LogP contribution in [0.1, 0.15) is 26.2 Å². The van der Waals surface area contributed by atoms with E-state index in [2.05, 4.69) is 0 Å². The molecule has 0 N–H and O–H groups in total. The summed E-state index contributed by atoms with van der Waals surface area (Å²) in [6, 6.07) is 0. The van der Waals surface area contributed by atoms with Gasteiger partial charge in [0, 0.05) is 27.3 Å². The van der Waals surface area contributed by atoms with Gasteiger partial charge >= 0.3 is 7.60 Å². The van der Waals surface area contributed by atoms with E-state index in [4.69, 9.17) is 18.5 Å². The molecule has 1 aliphatic heterocycles. The van der Waals surface area contributed by atoms with Crippen LogP contribution in [0, 0.1) is 5.92 Å². The molecule has 0 radical (unpaired) electrons. The summed E-state index contributed by atoms with van der Waals surface area (Å²) in [6.45, 7) is 3.56. The minimum atomic E-state index is -2.99. The summed E-state index contributed by atoms with van der Waals surface area (Å²) in [6.07, 6.45) is 2.77. The molecule has 6 heteroatoms. The lowest BCUT2D eigenvalue weighted by Crippen LogP contribution is -2.44. The van der Waals surface area contributed by atoms with Crippen LogP contribution in [0.4, 0.5) is 0 Å². The SMILES string of the molecule is COC12CC3C[C@]3(OP(C)(=O)OC)C1O[C@@H](C)C2. The lowest BCUT2D eigenvalue weighted by molar-refractivity contribution is -0.103. The van der Waals surface area contributed by atoms with Crippen molar-refractivity contribution in [3.05, 3.63) is 0 Å². The van der Waals surface area contributed by atoms with E-state index in [1.165, 1.54) is 13.8 Å². The first kappa shape index (κ1) is 13.1. The van der Waals surface area contributed by atoms with Crippen LogP contribution in [0.15, 0.2) is 0 Å². The molecule has 104 valence electrons. The predicted molar refractivity (Wildman–Crippen MR) is 65.8 cm³/mol. The average Bonchev–Trinajstić information content (AvgIpc) is 2.74. The van der Waals surface area contributed by atoms with Gasteiger partial charge in [-0.05, 0) is 25.7 Å². The summed E-state index contributed by atoms with van der Waals surface area (Å²) in [4.78, 5) is 0. The zero-order chi connectivity index (χ0) is 13.2. The lowest BCUT2D eigenvalue weighted by atomic mass is 9.91. The van der Waals surface area contributed by atoms with E-state index in [9.17, 15) is 4.57 Å². The van der Waals surface area contributed by atoms with Gasteiger partial charge in [0.15, 0.2) is 0 Å². The van der Waals surface area contributed by atoms with Gasteiger partial charge in [-0.3, -0.25) is 9.09 Å². The van der Waals surface area contributed by atoms with Crippen molar-refractivity contribution in [1.82, 2.24) is 0 Å². The highest BCUT2D eigenvalue weighted by molar-refractivity contribution is 7.53. The van der Waals surface area contributed by atoms with Gasteiger partial charge < -0.3 is 14.0 Å². The Hall–Kier alpha value is 0.0700. The van der Waals surface area contributed by atoms with Gasteiger partial charge in [-0.15, -0.1) is 0 Å². The zero-order valence-corrected chi connectivity index (χ0v) is 12.2. The number of fused-ring (bicyclic) bond motifs is 3. The molecule has 2 saturated carbocycles. The third-order valence-electron chi connectivity index (χ3n) is 4.69. The second kappa shape index (κ2) is 3.80. The van der Waals surface area contributed by atoms with Crippen molar-refractivity contribution in [2.75, 3.05) is 20.9 Å². The Bertz CT molecular complexity index is 413. The molecule has 0 bridgehead atoms. The van der Waals surface area contributed by atoms with Gasteiger partial charge in [0.1, 0.15) is 11.7 Å². The molecule has 3 fully saturated rings. The summed E-state index contributed by atoms with van der Waals surface area (Å²) in [5, 5.41) is 0. The van der Waals surface area contributed by atoms with E-state index >= 15 is 0 Å². The summed E-state index contributed by atoms with van der Waals surface area (Å²) in [5.41, 5.74) is -0.697. The topological polar surface area (TPSA) is 54.0 Å². The maximum Gasteiger partial charge on any atom is 0.328 e. The van der Waals surface area contributed by atoms with Crippen molar-refractivity contribution < 1.29 is 23.1 Å². The van der Waals surface area contributed by atoms with Crippen LogP contribution < -0.4 is 0 Å². The molecule has 0 spiro atoms. The Balaban J connectivity index is 1.86. The smallest absolute Gasteiger partial charge is 0.328 e. The molecule has 3 rings (SSSR count). The number of hydrogen-bond acceptors (Lipinski definition) is 5. The first-order valence-electron chi connectivity index (χ1n) is 6.42. The van der Waals surface area contributed by atoms with Crippen LogP contribution in [-0.2, 0) is 23.1 Å². The van der Waals surface area contributed by atoms with Crippen molar-refractivity contribution in [3.63, 3.8) is 0 Å². The second-order valence-corrected chi connectivity index (χ2v) is 8.00. The first-order valence-corrected chi connectivity index (χ1v) is 8.41. The van der Waals surface area contributed by atoms with E-state index in [1.807, 2.05) is 6.92 Å². The van der Waals surface area contributed by atoms with Gasteiger partial charge in [0.25, 0.3) is 0 Å². The standard InChI is InChI=1S/C12H21O5P/c1-8-5-11(14-2)6-9-7-12(9,10(11)16-8)17-18(4,13)15-3/h8-10H,5-7H2,1-4H3/t8-,9?,10?,11?,12+,18?/m0/s1. The minimum Gasteiger partial charge on any atom is -0.375 e. The van der Waals surface area contributed by atoms with Crippen LogP contribution in [-0.4, -0.2) is 44.3 Å². The highest BCUT2D eigenvalue weighted by Crippen LogP contribution is 2.71. The lowest BCUT2D eigenvalue weighted by Gasteiger charge is -2.32. The molecule has 3 aliphatic rings. The van der Waals surface area contributed by atoms with E-state index in [0.717, 1.165) is 19.3 Å². The van der Waals surface area contributed by atoms with E-state index < -0.39 is 13.2 Å². The van der Waals surface area contributed by atoms with Crippen molar-refractivity contribution in [3.8, 4) is 0 Å². The van der Waals surface area contributed by atoms with Crippen LogP contribution >= 0.6 is 7.60 Å². The van der Waals surface area contributed by atoms with Gasteiger partial charge in [0.05, 0.1) is 11.7 Å². The molecular formula is C12H21O5P. The average molecular weight is 276 g/mol. The van der Waals surface area contributed by atoms with Gasteiger partial charge in [-0.25, -0.2) is 0 Å². The summed E-state index contributed by atoms with van der Waals surface area (Å²) in [5.74, 6) is 0.387. The van der Waals surface area contributed by atoms with E-state index in [0.29, 0.717) is 5.92 Å². The van der Waals surface area contributed by atoms with Gasteiger partial charge in [-0.2, -0.15) is 0 Å². The number of rotatable bonds is 4. The molecule has 18 heavy (non-hydrogen) atoms. The normalized spacial score (nSPS) is 52.8. The highest BCUT2D eigenvalue weighted by atomic mass is 31.2. The number of ether oxygens (including phenoxy) is 2. The molecule has 0 aromatic heterocycles. The van der Waals surface area contributed by atoms with Crippen LogP contribution in [0.5, 0.6) is 0 Å². The third kappa shape index (κ3) is 1.65. The fourth-order valence-corrected chi connectivity index (χ4v) is 4.85. The molecule has 1 saturated heterocycles. The third-order valence-corrected chi connectivity index (χ3v) is 6.02. The summed E-state index contributed by atoms with van der Waals surface area (Å²) < 4.78 is 34.6. The van der Waals surface area contributed by atoms with Crippen molar-refractivity contribution in [2.24, 2.45) is 5.92 Å². The highest BCUT2D eigenvalue weighted by Gasteiger charge is 2.77. The van der Waals surface area contributed by atoms with Crippen LogP contribution in [0.3, 0.4) is 0 Å². The van der Waals surface area contributed by atoms with Crippen molar-refractivity contribution in [1.29, 1.82) is 0 Å². The van der Waals surface area contributed by atoms with Crippen molar-refractivity contribution >= 4 is 7.60 Å². The quantitative estimate of drug-likeness (QED) is 0.737. The monoisotopic (exact) mass is 276 g/mol. The van der Waals surface area contributed by atoms with E-state index in [1.54, 1.807) is 7.11 Å². The molecule has 0 aromatic carbocycles. The zero-order valence-electron chi connectivity index (χ0n) is 11.3.